The van der Waals surface area contributed by atoms with E-state index < -0.39 is 0 Å². The fourth-order valence-corrected chi connectivity index (χ4v) is 1.07. The quantitative estimate of drug-likeness (QED) is 0.673. The second-order valence-electron chi connectivity index (χ2n) is 1.89. The molecule has 54 valence electrons. The van der Waals surface area contributed by atoms with Gasteiger partial charge in [-0.15, -0.1) is 0 Å². The van der Waals surface area contributed by atoms with E-state index in [1.165, 1.54) is 0 Å². The Bertz CT molecular complexity index is 215. The van der Waals surface area contributed by atoms with E-state index in [9.17, 15) is 4.39 Å². The number of aryl methyl sites for hydroxylation is 1. The zero-order chi connectivity index (χ0) is 7.40. The minimum atomic E-state index is -0.344. The van der Waals surface area contributed by atoms with Gasteiger partial charge in [0.15, 0.2) is 0 Å². The Morgan fingerprint density at radius 2 is 2.30 bits per heavy atom. The number of nitrogens with zero attached hydrogens (tertiary/aromatic N) is 1. The molecule has 0 unspecified atom stereocenters. The lowest BCUT2D eigenvalue weighted by atomic mass is 10.3. The predicted molar refractivity (Wildman–Crippen MR) is 41.6 cm³/mol. The highest BCUT2D eigenvalue weighted by Crippen LogP contribution is 2.06. The maximum Gasteiger partial charge on any atom is 0.106 e. The van der Waals surface area contributed by atoms with Crippen molar-refractivity contribution in [1.82, 2.24) is 4.98 Å². The number of hydrogen-bond donors (Lipinski definition) is 0. The summed E-state index contributed by atoms with van der Waals surface area (Å²) >= 11 is 3.20. The third kappa shape index (κ3) is 2.06. The third-order valence-electron chi connectivity index (χ3n) is 1.12. The predicted octanol–water partition coefficient (Wildman–Crippen LogP) is 2.36. The number of alkyl halides is 1. The van der Waals surface area contributed by atoms with Crippen molar-refractivity contribution < 1.29 is 4.39 Å². The van der Waals surface area contributed by atoms with E-state index in [2.05, 4.69) is 20.9 Å². The van der Waals surface area contributed by atoms with Gasteiger partial charge in [-0.25, -0.2) is 4.98 Å². The van der Waals surface area contributed by atoms with Gasteiger partial charge in [-0.2, -0.15) is 0 Å². The Morgan fingerprint density at radius 1 is 1.50 bits per heavy atom. The Morgan fingerprint density at radius 3 is 2.90 bits per heavy atom. The Hall–Kier alpha value is -0.440. The van der Waals surface area contributed by atoms with Gasteiger partial charge in [0.1, 0.15) is 4.60 Å². The highest BCUT2D eigenvalue weighted by atomic mass is 79.9. The number of rotatable bonds is 2. The normalized spacial score (nSPS) is 9.80. The van der Waals surface area contributed by atoms with E-state index in [1.807, 2.05) is 18.2 Å². The van der Waals surface area contributed by atoms with Crippen molar-refractivity contribution in [1.29, 1.82) is 0 Å². The summed E-state index contributed by atoms with van der Waals surface area (Å²) in [5.41, 5.74) is 0.789. The molecule has 10 heavy (non-hydrogen) atoms. The standard InChI is InChI=1S/C7H7BrFN/c8-7-3-1-2-6(10-7)4-5-9/h1-3H,4-5H2. The van der Waals surface area contributed by atoms with Gasteiger partial charge < -0.3 is 0 Å². The summed E-state index contributed by atoms with van der Waals surface area (Å²) < 4.78 is 12.5. The van der Waals surface area contributed by atoms with Crippen molar-refractivity contribution in [2.45, 2.75) is 6.42 Å². The largest absolute Gasteiger partial charge is 0.251 e. The number of pyridine rings is 1. The van der Waals surface area contributed by atoms with Crippen LogP contribution < -0.4 is 0 Å². The molecule has 0 atom stereocenters. The van der Waals surface area contributed by atoms with Crippen molar-refractivity contribution in [2.24, 2.45) is 0 Å². The second kappa shape index (κ2) is 3.66. The summed E-state index contributed by atoms with van der Waals surface area (Å²) in [5.74, 6) is 0. The molecule has 0 N–H and O–H groups in total. The summed E-state index contributed by atoms with van der Waals surface area (Å²) in [5, 5.41) is 0. The molecule has 0 saturated heterocycles. The number of aromatic nitrogens is 1. The van der Waals surface area contributed by atoms with Crippen LogP contribution in [0.25, 0.3) is 0 Å². The van der Waals surface area contributed by atoms with Crippen LogP contribution in [0.4, 0.5) is 4.39 Å². The van der Waals surface area contributed by atoms with E-state index in [4.69, 9.17) is 0 Å². The molecule has 0 amide bonds. The van der Waals surface area contributed by atoms with Crippen LogP contribution in [0.3, 0.4) is 0 Å². The van der Waals surface area contributed by atoms with Gasteiger partial charge in [-0.3, -0.25) is 4.39 Å². The first-order chi connectivity index (χ1) is 4.83. The first-order valence-corrected chi connectivity index (χ1v) is 3.79. The van der Waals surface area contributed by atoms with Crippen molar-refractivity contribution in [3.63, 3.8) is 0 Å². The van der Waals surface area contributed by atoms with Crippen molar-refractivity contribution in [3.05, 3.63) is 28.5 Å². The van der Waals surface area contributed by atoms with Crippen LogP contribution in [-0.2, 0) is 6.42 Å². The van der Waals surface area contributed by atoms with E-state index in [1.54, 1.807) is 0 Å². The monoisotopic (exact) mass is 203 g/mol. The smallest absolute Gasteiger partial charge is 0.106 e. The average Bonchev–Trinajstić information content (AvgIpc) is 1.88. The van der Waals surface area contributed by atoms with Gasteiger partial charge in [0.05, 0.1) is 6.67 Å². The first kappa shape index (κ1) is 7.66. The Labute approximate surface area is 67.4 Å². The van der Waals surface area contributed by atoms with Crippen molar-refractivity contribution in [3.8, 4) is 0 Å². The molecular weight excluding hydrogens is 197 g/mol. The molecule has 0 aromatic carbocycles. The second-order valence-corrected chi connectivity index (χ2v) is 2.70. The molecule has 1 nitrogen and oxygen atoms in total. The highest BCUT2D eigenvalue weighted by Gasteiger charge is 1.93. The van der Waals surface area contributed by atoms with E-state index >= 15 is 0 Å². The fraction of sp³-hybridized carbons (Fsp3) is 0.286. The van der Waals surface area contributed by atoms with Crippen LogP contribution in [0.15, 0.2) is 22.8 Å². The van der Waals surface area contributed by atoms with Crippen LogP contribution in [0.5, 0.6) is 0 Å². The molecule has 0 radical (unpaired) electrons. The van der Waals surface area contributed by atoms with Crippen LogP contribution in [0.1, 0.15) is 5.69 Å². The molecule has 0 aliphatic heterocycles. The van der Waals surface area contributed by atoms with E-state index in [0.29, 0.717) is 6.42 Å². The molecule has 1 aromatic rings. The minimum absolute atomic E-state index is 0.344. The molecule has 0 fully saturated rings. The molecule has 0 bridgehead atoms. The zero-order valence-electron chi connectivity index (χ0n) is 5.35. The Balaban J connectivity index is 2.75. The summed E-state index contributed by atoms with van der Waals surface area (Å²) in [4.78, 5) is 4.04. The number of hydrogen-bond acceptors (Lipinski definition) is 1. The molecular formula is C7H7BrFN. The van der Waals surface area contributed by atoms with Crippen LogP contribution in [0.2, 0.25) is 0 Å². The summed E-state index contributed by atoms with van der Waals surface area (Å²) in [6, 6.07) is 5.48. The zero-order valence-corrected chi connectivity index (χ0v) is 6.94. The molecule has 0 aliphatic carbocycles. The first-order valence-electron chi connectivity index (χ1n) is 3.00. The van der Waals surface area contributed by atoms with Gasteiger partial charge in [-0.1, -0.05) is 6.07 Å². The van der Waals surface area contributed by atoms with Gasteiger partial charge >= 0.3 is 0 Å². The molecule has 0 aliphatic rings. The molecule has 1 rings (SSSR count). The number of halogens is 2. The lowest BCUT2D eigenvalue weighted by Crippen LogP contribution is -1.90. The van der Waals surface area contributed by atoms with Crippen LogP contribution >= 0.6 is 15.9 Å². The molecule has 1 heterocycles. The van der Waals surface area contributed by atoms with Gasteiger partial charge in [0.25, 0.3) is 0 Å². The summed E-state index contributed by atoms with van der Waals surface area (Å²) in [6.07, 6.45) is 0.402. The molecule has 3 heteroatoms. The SMILES string of the molecule is FCCc1cccc(Br)n1. The fourth-order valence-electron chi connectivity index (χ4n) is 0.686. The summed E-state index contributed by atoms with van der Waals surface area (Å²) in [7, 11) is 0. The summed E-state index contributed by atoms with van der Waals surface area (Å²) in [6.45, 7) is -0.344. The van der Waals surface area contributed by atoms with E-state index in [0.717, 1.165) is 10.3 Å². The van der Waals surface area contributed by atoms with Crippen molar-refractivity contribution in [2.75, 3.05) is 6.67 Å². The molecule has 0 spiro atoms. The van der Waals surface area contributed by atoms with Crippen LogP contribution in [-0.4, -0.2) is 11.7 Å². The maximum absolute atomic E-state index is 11.8. The van der Waals surface area contributed by atoms with Gasteiger partial charge in [0.2, 0.25) is 0 Å². The third-order valence-corrected chi connectivity index (χ3v) is 1.57. The lowest BCUT2D eigenvalue weighted by Gasteiger charge is -1.94. The van der Waals surface area contributed by atoms with Crippen LogP contribution in [0, 0.1) is 0 Å². The topological polar surface area (TPSA) is 12.9 Å². The maximum atomic E-state index is 11.8. The molecule has 0 saturated carbocycles. The van der Waals surface area contributed by atoms with E-state index in [-0.39, 0.29) is 6.67 Å². The Kier molecular flexibility index (Phi) is 2.81. The van der Waals surface area contributed by atoms with Gasteiger partial charge in [-0.05, 0) is 28.1 Å². The highest BCUT2D eigenvalue weighted by molar-refractivity contribution is 9.10. The van der Waals surface area contributed by atoms with Crippen molar-refractivity contribution >= 4 is 15.9 Å². The minimum Gasteiger partial charge on any atom is -0.251 e. The molecule has 1 aromatic heterocycles. The van der Waals surface area contributed by atoms with Gasteiger partial charge in [0, 0.05) is 12.1 Å². The lowest BCUT2D eigenvalue weighted by molar-refractivity contribution is 0.492. The average molecular weight is 204 g/mol.